The van der Waals surface area contributed by atoms with Gasteiger partial charge in [-0.25, -0.2) is 0 Å². The molecule has 0 unspecified atom stereocenters. The number of ether oxygens (including phenoxy) is 1. The largest absolute Gasteiger partial charge is 0.497 e. The topological polar surface area (TPSA) is 71.7 Å². The minimum atomic E-state index is 0.0880. The van der Waals surface area contributed by atoms with Crippen molar-refractivity contribution < 1.29 is 13.9 Å². The first-order chi connectivity index (χ1) is 14.6. The smallest absolute Gasteiger partial charge is 0.277 e. The van der Waals surface area contributed by atoms with Crippen LogP contribution in [0.1, 0.15) is 5.56 Å². The second-order valence-electron chi connectivity index (χ2n) is 7.04. The van der Waals surface area contributed by atoms with Crippen molar-refractivity contribution in [2.45, 2.75) is 12.1 Å². The third-order valence-electron chi connectivity index (χ3n) is 5.17. The maximum atomic E-state index is 12.6. The van der Waals surface area contributed by atoms with Crippen LogP contribution in [-0.2, 0) is 4.79 Å². The number of anilines is 1. The molecule has 1 aliphatic heterocycles. The Balaban J connectivity index is 1.28. The van der Waals surface area contributed by atoms with Gasteiger partial charge in [0.2, 0.25) is 11.8 Å². The first-order valence-electron chi connectivity index (χ1n) is 9.83. The molecular weight excluding hydrogens is 400 g/mol. The van der Waals surface area contributed by atoms with E-state index in [1.807, 2.05) is 60.4 Å². The Labute approximate surface area is 180 Å². The van der Waals surface area contributed by atoms with Crippen LogP contribution in [0.3, 0.4) is 0 Å². The van der Waals surface area contributed by atoms with Gasteiger partial charge in [0.05, 0.1) is 12.9 Å². The summed E-state index contributed by atoms with van der Waals surface area (Å²) in [6, 6.07) is 15.9. The van der Waals surface area contributed by atoms with Gasteiger partial charge in [-0.3, -0.25) is 4.79 Å². The number of nitrogens with zero attached hydrogens (tertiary/aromatic N) is 4. The summed E-state index contributed by atoms with van der Waals surface area (Å²) < 4.78 is 10.9. The van der Waals surface area contributed by atoms with Gasteiger partial charge in [-0.1, -0.05) is 30.0 Å². The molecule has 8 heteroatoms. The lowest BCUT2D eigenvalue weighted by atomic mass is 10.1. The van der Waals surface area contributed by atoms with Crippen LogP contribution in [0.25, 0.3) is 11.5 Å². The second kappa shape index (κ2) is 9.21. The number of hydrogen-bond donors (Lipinski definition) is 0. The highest BCUT2D eigenvalue weighted by Gasteiger charge is 2.22. The number of aromatic nitrogens is 2. The van der Waals surface area contributed by atoms with Gasteiger partial charge >= 0.3 is 0 Å². The number of benzene rings is 2. The van der Waals surface area contributed by atoms with E-state index < -0.39 is 0 Å². The molecule has 0 atom stereocenters. The molecule has 7 nitrogen and oxygen atoms in total. The van der Waals surface area contributed by atoms with Crippen molar-refractivity contribution in [3.63, 3.8) is 0 Å². The molecule has 0 radical (unpaired) electrons. The van der Waals surface area contributed by atoms with E-state index in [-0.39, 0.29) is 11.7 Å². The highest BCUT2D eigenvalue weighted by Crippen LogP contribution is 2.26. The molecule has 1 fully saturated rings. The van der Waals surface area contributed by atoms with Gasteiger partial charge in [-0.05, 0) is 42.8 Å². The van der Waals surface area contributed by atoms with Crippen LogP contribution in [-0.4, -0.2) is 60.0 Å². The summed E-state index contributed by atoms with van der Waals surface area (Å²) >= 11 is 1.29. The third kappa shape index (κ3) is 4.59. The fourth-order valence-electron chi connectivity index (χ4n) is 3.41. The Hall–Kier alpha value is -3.00. The van der Waals surface area contributed by atoms with Crippen molar-refractivity contribution in [2.24, 2.45) is 0 Å². The molecule has 0 spiro atoms. The summed E-state index contributed by atoms with van der Waals surface area (Å²) in [5, 5.41) is 8.60. The molecule has 30 heavy (non-hydrogen) atoms. The minimum Gasteiger partial charge on any atom is -0.497 e. The summed E-state index contributed by atoms with van der Waals surface area (Å²) in [6.45, 7) is 5.01. The van der Waals surface area contributed by atoms with E-state index in [1.165, 1.54) is 11.8 Å². The molecule has 2 heterocycles. The van der Waals surface area contributed by atoms with Gasteiger partial charge in [-0.2, -0.15) is 0 Å². The number of thioether (sulfide) groups is 1. The zero-order valence-electron chi connectivity index (χ0n) is 17.1. The maximum Gasteiger partial charge on any atom is 0.277 e. The minimum absolute atomic E-state index is 0.0880. The normalized spacial score (nSPS) is 14.1. The summed E-state index contributed by atoms with van der Waals surface area (Å²) in [6.07, 6.45) is 0. The Kier molecular flexibility index (Phi) is 6.23. The fraction of sp³-hybridized carbons (Fsp3) is 0.318. The van der Waals surface area contributed by atoms with Crippen LogP contribution < -0.4 is 9.64 Å². The zero-order valence-corrected chi connectivity index (χ0v) is 17.9. The molecule has 2 aromatic carbocycles. The number of carbonyl (C=O) groups excluding carboxylic acids is 1. The molecule has 4 rings (SSSR count). The SMILES string of the molecule is COc1ccc(N2CCN(C(=O)CSc3nnc(-c4ccccc4C)o3)CC2)cc1. The fourth-order valence-corrected chi connectivity index (χ4v) is 4.08. The van der Waals surface area contributed by atoms with Crippen molar-refractivity contribution in [3.05, 3.63) is 54.1 Å². The molecule has 0 aliphatic carbocycles. The Morgan fingerprint density at radius 2 is 1.80 bits per heavy atom. The average Bonchev–Trinajstić information content (AvgIpc) is 3.27. The maximum absolute atomic E-state index is 12.6. The van der Waals surface area contributed by atoms with Gasteiger partial charge in [0.25, 0.3) is 5.22 Å². The molecule has 0 N–H and O–H groups in total. The lowest BCUT2D eigenvalue weighted by Crippen LogP contribution is -2.49. The lowest BCUT2D eigenvalue weighted by molar-refractivity contribution is -0.128. The summed E-state index contributed by atoms with van der Waals surface area (Å²) in [7, 11) is 1.66. The monoisotopic (exact) mass is 424 g/mol. The van der Waals surface area contributed by atoms with Crippen LogP contribution in [0.15, 0.2) is 58.2 Å². The van der Waals surface area contributed by atoms with Crippen LogP contribution in [0.2, 0.25) is 0 Å². The van der Waals surface area contributed by atoms with Crippen molar-refractivity contribution in [1.82, 2.24) is 15.1 Å². The number of hydrogen-bond acceptors (Lipinski definition) is 7. The standard InChI is InChI=1S/C22H24N4O3S/c1-16-5-3-4-6-19(16)21-23-24-22(29-21)30-15-20(27)26-13-11-25(12-14-26)17-7-9-18(28-2)10-8-17/h3-10H,11-15H2,1-2H3. The van der Waals surface area contributed by atoms with E-state index >= 15 is 0 Å². The summed E-state index contributed by atoms with van der Waals surface area (Å²) in [4.78, 5) is 16.8. The number of carbonyl (C=O) groups is 1. The predicted molar refractivity (Wildman–Crippen MR) is 117 cm³/mol. The highest BCUT2D eigenvalue weighted by atomic mass is 32.2. The number of aryl methyl sites for hydroxylation is 1. The van der Waals surface area contributed by atoms with Gasteiger partial charge in [-0.15, -0.1) is 10.2 Å². The van der Waals surface area contributed by atoms with Gasteiger partial charge in [0, 0.05) is 37.4 Å². The third-order valence-corrected chi connectivity index (χ3v) is 5.97. The Morgan fingerprint density at radius 1 is 1.07 bits per heavy atom. The van der Waals surface area contributed by atoms with Crippen LogP contribution in [0, 0.1) is 6.92 Å². The molecule has 1 aromatic heterocycles. The average molecular weight is 425 g/mol. The van der Waals surface area contributed by atoms with Crippen molar-refractivity contribution >= 4 is 23.4 Å². The van der Waals surface area contributed by atoms with Crippen molar-refractivity contribution in [2.75, 3.05) is 43.9 Å². The first kappa shape index (κ1) is 20.3. The van der Waals surface area contributed by atoms with Gasteiger partial charge < -0.3 is 19.0 Å². The molecular formula is C22H24N4O3S. The van der Waals surface area contributed by atoms with E-state index in [0.717, 1.165) is 35.7 Å². The Bertz CT molecular complexity index is 998. The van der Waals surface area contributed by atoms with Crippen LogP contribution in [0.4, 0.5) is 5.69 Å². The van der Waals surface area contributed by atoms with Crippen molar-refractivity contribution in [1.29, 1.82) is 0 Å². The van der Waals surface area contributed by atoms with Crippen molar-refractivity contribution in [3.8, 4) is 17.2 Å². The summed E-state index contributed by atoms with van der Waals surface area (Å²) in [5.74, 6) is 1.70. The highest BCUT2D eigenvalue weighted by molar-refractivity contribution is 7.99. The first-order valence-corrected chi connectivity index (χ1v) is 10.8. The molecule has 1 saturated heterocycles. The number of rotatable bonds is 6. The molecule has 1 aliphatic rings. The van der Waals surface area contributed by atoms with E-state index in [0.29, 0.717) is 24.2 Å². The quantitative estimate of drug-likeness (QED) is 0.561. The van der Waals surface area contributed by atoms with Gasteiger partial charge in [0.15, 0.2) is 0 Å². The number of piperazine rings is 1. The van der Waals surface area contributed by atoms with E-state index in [9.17, 15) is 4.79 Å². The molecule has 0 saturated carbocycles. The molecule has 156 valence electrons. The molecule has 3 aromatic rings. The predicted octanol–water partition coefficient (Wildman–Crippen LogP) is 3.49. The molecule has 0 bridgehead atoms. The zero-order chi connectivity index (χ0) is 20.9. The Morgan fingerprint density at radius 3 is 2.50 bits per heavy atom. The van der Waals surface area contributed by atoms with Crippen LogP contribution in [0.5, 0.6) is 5.75 Å². The van der Waals surface area contributed by atoms with Gasteiger partial charge in [0.1, 0.15) is 5.75 Å². The number of amides is 1. The number of methoxy groups -OCH3 is 1. The lowest BCUT2D eigenvalue weighted by Gasteiger charge is -2.36. The van der Waals surface area contributed by atoms with E-state index in [1.54, 1.807) is 7.11 Å². The summed E-state index contributed by atoms with van der Waals surface area (Å²) in [5.41, 5.74) is 3.13. The molecule has 1 amide bonds. The second-order valence-corrected chi connectivity index (χ2v) is 7.97. The van der Waals surface area contributed by atoms with E-state index in [4.69, 9.17) is 9.15 Å². The van der Waals surface area contributed by atoms with Crippen LogP contribution >= 0.6 is 11.8 Å². The van der Waals surface area contributed by atoms with E-state index in [2.05, 4.69) is 15.1 Å².